The largest absolute Gasteiger partial charge is 0.350 e. The van der Waals surface area contributed by atoms with E-state index in [1.54, 1.807) is 18.0 Å². The standard InChI is InChI=1S/C18H24N4O2S/c1-13-19-9-10-22(13)16-6-4-15(5-7-16)12-20-18(24)17(8-11-25-3)21-14(2)23/h4-7,9-10,17H,8,11-12H2,1-3H3,(H,20,24)(H,21,23)/t17-/m0/s1. The molecular weight excluding hydrogens is 336 g/mol. The molecule has 7 heteroatoms. The average Bonchev–Trinajstić information content (AvgIpc) is 3.02. The predicted octanol–water partition coefficient (Wildman–Crippen LogP) is 2.05. The minimum absolute atomic E-state index is 0.154. The van der Waals surface area contributed by atoms with Gasteiger partial charge in [-0.25, -0.2) is 4.98 Å². The van der Waals surface area contributed by atoms with Crippen LogP contribution in [-0.4, -0.2) is 39.4 Å². The molecule has 0 spiro atoms. The fourth-order valence-corrected chi connectivity index (χ4v) is 2.96. The van der Waals surface area contributed by atoms with Crippen molar-refractivity contribution >= 4 is 23.6 Å². The number of aromatic nitrogens is 2. The first-order valence-electron chi connectivity index (χ1n) is 8.14. The number of hydrogen-bond donors (Lipinski definition) is 2. The summed E-state index contributed by atoms with van der Waals surface area (Å²) >= 11 is 1.65. The molecule has 0 aliphatic rings. The fourth-order valence-electron chi connectivity index (χ4n) is 2.49. The molecule has 1 atom stereocenters. The Morgan fingerprint density at radius 2 is 2.00 bits per heavy atom. The Morgan fingerprint density at radius 3 is 2.56 bits per heavy atom. The molecule has 0 bridgehead atoms. The van der Waals surface area contributed by atoms with E-state index >= 15 is 0 Å². The van der Waals surface area contributed by atoms with Crippen molar-refractivity contribution in [1.29, 1.82) is 0 Å². The van der Waals surface area contributed by atoms with Gasteiger partial charge in [0, 0.05) is 31.5 Å². The SMILES string of the molecule is CSCC[C@H](NC(C)=O)C(=O)NCc1ccc(-n2ccnc2C)cc1. The Kier molecular flexibility index (Phi) is 7.06. The summed E-state index contributed by atoms with van der Waals surface area (Å²) in [7, 11) is 0. The van der Waals surface area contributed by atoms with E-state index in [0.717, 1.165) is 22.8 Å². The molecule has 0 radical (unpaired) electrons. The third kappa shape index (κ3) is 5.63. The highest BCUT2D eigenvalue weighted by atomic mass is 32.2. The number of amides is 2. The molecule has 2 N–H and O–H groups in total. The van der Waals surface area contributed by atoms with Crippen molar-refractivity contribution in [3.63, 3.8) is 0 Å². The molecule has 0 saturated heterocycles. The van der Waals surface area contributed by atoms with E-state index in [0.29, 0.717) is 13.0 Å². The smallest absolute Gasteiger partial charge is 0.242 e. The lowest BCUT2D eigenvalue weighted by Crippen LogP contribution is -2.46. The van der Waals surface area contributed by atoms with Crippen LogP contribution in [0.2, 0.25) is 0 Å². The van der Waals surface area contributed by atoms with Crippen molar-refractivity contribution in [2.75, 3.05) is 12.0 Å². The molecule has 0 fully saturated rings. The molecule has 6 nitrogen and oxygen atoms in total. The van der Waals surface area contributed by atoms with Crippen LogP contribution in [0.3, 0.4) is 0 Å². The molecule has 2 rings (SSSR count). The molecule has 0 aliphatic carbocycles. The van der Waals surface area contributed by atoms with Gasteiger partial charge < -0.3 is 15.2 Å². The van der Waals surface area contributed by atoms with Gasteiger partial charge in [0.25, 0.3) is 0 Å². The van der Waals surface area contributed by atoms with Crippen LogP contribution in [0.5, 0.6) is 0 Å². The zero-order valence-corrected chi connectivity index (χ0v) is 15.6. The summed E-state index contributed by atoms with van der Waals surface area (Å²) < 4.78 is 2.00. The second-order valence-electron chi connectivity index (χ2n) is 5.76. The molecule has 2 amide bonds. The number of aryl methyl sites for hydroxylation is 1. The van der Waals surface area contributed by atoms with Crippen molar-refractivity contribution < 1.29 is 9.59 Å². The second kappa shape index (κ2) is 9.27. The van der Waals surface area contributed by atoms with E-state index in [1.165, 1.54) is 6.92 Å². The number of carbonyl (C=O) groups is 2. The third-order valence-electron chi connectivity index (χ3n) is 3.81. The first kappa shape index (κ1) is 19.1. The number of thioether (sulfide) groups is 1. The van der Waals surface area contributed by atoms with Gasteiger partial charge in [-0.1, -0.05) is 12.1 Å². The molecular formula is C18H24N4O2S. The van der Waals surface area contributed by atoms with Crippen LogP contribution in [0.15, 0.2) is 36.7 Å². The summed E-state index contributed by atoms with van der Waals surface area (Å²) in [6.45, 7) is 3.80. The molecule has 134 valence electrons. The molecule has 0 aliphatic heterocycles. The lowest BCUT2D eigenvalue weighted by Gasteiger charge is -2.17. The minimum atomic E-state index is -0.488. The highest BCUT2D eigenvalue weighted by molar-refractivity contribution is 7.98. The number of nitrogens with one attached hydrogen (secondary N) is 2. The van der Waals surface area contributed by atoms with E-state index in [2.05, 4.69) is 15.6 Å². The molecule has 25 heavy (non-hydrogen) atoms. The first-order valence-corrected chi connectivity index (χ1v) is 9.53. The summed E-state index contributed by atoms with van der Waals surface area (Å²) in [5.74, 6) is 1.39. The maximum Gasteiger partial charge on any atom is 0.242 e. The van der Waals surface area contributed by atoms with Crippen LogP contribution in [-0.2, 0) is 16.1 Å². The summed E-state index contributed by atoms with van der Waals surface area (Å²) in [5.41, 5.74) is 2.03. The van der Waals surface area contributed by atoms with E-state index in [9.17, 15) is 9.59 Å². The summed E-state index contributed by atoms with van der Waals surface area (Å²) in [5, 5.41) is 5.61. The quantitative estimate of drug-likeness (QED) is 0.755. The van der Waals surface area contributed by atoms with Crippen molar-refractivity contribution in [2.24, 2.45) is 0 Å². The highest BCUT2D eigenvalue weighted by Gasteiger charge is 2.18. The van der Waals surface area contributed by atoms with E-state index in [1.807, 2.05) is 48.2 Å². The average molecular weight is 360 g/mol. The lowest BCUT2D eigenvalue weighted by molar-refractivity contribution is -0.128. The first-order chi connectivity index (χ1) is 12.0. The minimum Gasteiger partial charge on any atom is -0.350 e. The Hall–Kier alpha value is -2.28. The van der Waals surface area contributed by atoms with E-state index in [4.69, 9.17) is 0 Å². The number of benzene rings is 1. The van der Waals surface area contributed by atoms with Crippen LogP contribution < -0.4 is 10.6 Å². The molecule has 2 aromatic rings. The van der Waals surface area contributed by atoms with Gasteiger partial charge in [0.05, 0.1) is 0 Å². The Labute approximate surface area is 152 Å². The van der Waals surface area contributed by atoms with Gasteiger partial charge in [-0.3, -0.25) is 9.59 Å². The van der Waals surface area contributed by atoms with Crippen LogP contribution >= 0.6 is 11.8 Å². The predicted molar refractivity (Wildman–Crippen MR) is 101 cm³/mol. The van der Waals surface area contributed by atoms with Gasteiger partial charge in [0.2, 0.25) is 11.8 Å². The Bertz CT molecular complexity index is 712. The number of rotatable bonds is 8. The van der Waals surface area contributed by atoms with Crippen molar-refractivity contribution in [1.82, 2.24) is 20.2 Å². The van der Waals surface area contributed by atoms with Gasteiger partial charge in [-0.05, 0) is 43.0 Å². The summed E-state index contributed by atoms with van der Waals surface area (Å²) in [6.07, 6.45) is 6.27. The summed E-state index contributed by atoms with van der Waals surface area (Å²) in [4.78, 5) is 27.8. The van der Waals surface area contributed by atoms with Gasteiger partial charge in [-0.2, -0.15) is 11.8 Å². The van der Waals surface area contributed by atoms with Crippen LogP contribution in [0.1, 0.15) is 24.7 Å². The van der Waals surface area contributed by atoms with Crippen molar-refractivity contribution in [3.8, 4) is 5.69 Å². The van der Waals surface area contributed by atoms with Crippen LogP contribution in [0, 0.1) is 6.92 Å². The van der Waals surface area contributed by atoms with Gasteiger partial charge in [-0.15, -0.1) is 0 Å². The van der Waals surface area contributed by atoms with Gasteiger partial charge >= 0.3 is 0 Å². The zero-order chi connectivity index (χ0) is 18.2. The van der Waals surface area contributed by atoms with E-state index in [-0.39, 0.29) is 11.8 Å². The van der Waals surface area contributed by atoms with Gasteiger partial charge in [0.15, 0.2) is 0 Å². The maximum absolute atomic E-state index is 12.3. The topological polar surface area (TPSA) is 76.0 Å². The highest BCUT2D eigenvalue weighted by Crippen LogP contribution is 2.12. The van der Waals surface area contributed by atoms with Crippen molar-refractivity contribution in [2.45, 2.75) is 32.9 Å². The molecule has 1 aromatic heterocycles. The summed E-state index contributed by atoms with van der Waals surface area (Å²) in [6, 6.07) is 7.46. The van der Waals surface area contributed by atoms with Gasteiger partial charge in [0.1, 0.15) is 11.9 Å². The monoisotopic (exact) mass is 360 g/mol. The number of hydrogen-bond acceptors (Lipinski definition) is 4. The zero-order valence-electron chi connectivity index (χ0n) is 14.8. The van der Waals surface area contributed by atoms with Crippen LogP contribution in [0.25, 0.3) is 5.69 Å². The van der Waals surface area contributed by atoms with E-state index < -0.39 is 6.04 Å². The molecule has 1 aromatic carbocycles. The molecule has 0 unspecified atom stereocenters. The fraction of sp³-hybridized carbons (Fsp3) is 0.389. The normalized spacial score (nSPS) is 11.8. The molecule has 0 saturated carbocycles. The number of carbonyl (C=O) groups excluding carboxylic acids is 2. The molecule has 1 heterocycles. The maximum atomic E-state index is 12.3. The lowest BCUT2D eigenvalue weighted by atomic mass is 10.1. The van der Waals surface area contributed by atoms with Crippen molar-refractivity contribution in [3.05, 3.63) is 48.0 Å². The third-order valence-corrected chi connectivity index (χ3v) is 4.46. The number of nitrogens with zero attached hydrogens (tertiary/aromatic N) is 2. The second-order valence-corrected chi connectivity index (χ2v) is 6.75. The Balaban J connectivity index is 1.94. The number of imidazole rings is 1. The van der Waals surface area contributed by atoms with Crippen LogP contribution in [0.4, 0.5) is 0 Å². The Morgan fingerprint density at radius 1 is 1.28 bits per heavy atom.